The first-order valence-electron chi connectivity index (χ1n) is 15.1. The maximum absolute atomic E-state index is 13.7. The third kappa shape index (κ3) is 9.82. The molecule has 1 N–H and O–H groups in total. The molecule has 1 amide bonds. The Morgan fingerprint density at radius 2 is 1.34 bits per heavy atom. The summed E-state index contributed by atoms with van der Waals surface area (Å²) >= 11 is 18.2. The first-order chi connectivity index (χ1) is 23.9. The molecule has 4 aromatic carbocycles. The molecule has 0 fully saturated rings. The molecular formula is C35H31Cl3N4O6S2. The number of amides is 1. The fourth-order valence-corrected chi connectivity index (χ4v) is 8.09. The van der Waals surface area contributed by atoms with Crippen LogP contribution in [0.1, 0.15) is 22.6 Å². The minimum Gasteiger partial charge on any atom is -0.459 e. The molecule has 0 aliphatic carbocycles. The van der Waals surface area contributed by atoms with Crippen molar-refractivity contribution in [2.75, 3.05) is 13.1 Å². The van der Waals surface area contributed by atoms with Crippen molar-refractivity contribution in [1.29, 1.82) is 0 Å². The SMILES string of the molecule is O=C(CN(CCc1ccccc1)S(=O)(=O)c1ccccc1)N/N=C\c1ccc(CN(Cc2ccc(Cl)c(Cl)c2)S(=O)(=O)c2ccc(Cl)cc2)o1. The van der Waals surface area contributed by atoms with Crippen LogP contribution >= 0.6 is 34.8 Å². The number of sulfonamides is 2. The van der Waals surface area contributed by atoms with Crippen LogP contribution < -0.4 is 5.43 Å². The summed E-state index contributed by atoms with van der Waals surface area (Å²) in [6.07, 6.45) is 1.63. The second kappa shape index (κ2) is 16.8. The lowest BCUT2D eigenvalue weighted by molar-refractivity contribution is -0.121. The summed E-state index contributed by atoms with van der Waals surface area (Å²) in [6, 6.07) is 31.0. The van der Waals surface area contributed by atoms with Crippen molar-refractivity contribution in [1.82, 2.24) is 14.0 Å². The summed E-state index contributed by atoms with van der Waals surface area (Å²) in [5.74, 6) is -0.157. The molecule has 1 aromatic heterocycles. The van der Waals surface area contributed by atoms with Gasteiger partial charge in [-0.3, -0.25) is 4.79 Å². The van der Waals surface area contributed by atoms with Crippen LogP contribution in [0.3, 0.4) is 0 Å². The number of carbonyl (C=O) groups is 1. The second-order valence-electron chi connectivity index (χ2n) is 11.0. The van der Waals surface area contributed by atoms with E-state index in [9.17, 15) is 21.6 Å². The molecule has 0 unspecified atom stereocenters. The van der Waals surface area contributed by atoms with Crippen molar-refractivity contribution in [3.05, 3.63) is 153 Å². The van der Waals surface area contributed by atoms with Crippen LogP contribution in [0.4, 0.5) is 0 Å². The molecule has 15 heteroatoms. The molecule has 5 rings (SSSR count). The van der Waals surface area contributed by atoms with Gasteiger partial charge in [0.25, 0.3) is 5.91 Å². The lowest BCUT2D eigenvalue weighted by atomic mass is 10.1. The van der Waals surface area contributed by atoms with Crippen molar-refractivity contribution in [2.24, 2.45) is 5.10 Å². The monoisotopic (exact) mass is 772 g/mol. The van der Waals surface area contributed by atoms with Crippen LogP contribution in [-0.2, 0) is 44.4 Å². The third-order valence-corrected chi connectivity index (χ3v) is 12.0. The van der Waals surface area contributed by atoms with Gasteiger partial charge in [-0.1, -0.05) is 89.4 Å². The summed E-state index contributed by atoms with van der Waals surface area (Å²) in [5.41, 5.74) is 3.87. The summed E-state index contributed by atoms with van der Waals surface area (Å²) in [4.78, 5) is 13.0. The van der Waals surface area contributed by atoms with E-state index in [0.29, 0.717) is 22.0 Å². The number of carbonyl (C=O) groups excluding carboxylic acids is 1. The van der Waals surface area contributed by atoms with Gasteiger partial charge in [0.2, 0.25) is 20.0 Å². The number of benzene rings is 4. The largest absolute Gasteiger partial charge is 0.459 e. The Kier molecular flexibility index (Phi) is 12.5. The molecule has 50 heavy (non-hydrogen) atoms. The number of hydrazone groups is 1. The number of nitrogens with zero attached hydrogens (tertiary/aromatic N) is 3. The maximum Gasteiger partial charge on any atom is 0.255 e. The molecule has 0 saturated heterocycles. The molecule has 0 saturated carbocycles. The van der Waals surface area contributed by atoms with Crippen LogP contribution in [-0.4, -0.2) is 50.7 Å². The van der Waals surface area contributed by atoms with Crippen LogP contribution in [0.25, 0.3) is 0 Å². The molecule has 10 nitrogen and oxygen atoms in total. The first kappa shape index (κ1) is 37.3. The van der Waals surface area contributed by atoms with Gasteiger partial charge in [-0.25, -0.2) is 22.3 Å². The highest BCUT2D eigenvalue weighted by atomic mass is 35.5. The molecule has 0 radical (unpaired) electrons. The van der Waals surface area contributed by atoms with E-state index in [-0.39, 0.29) is 46.0 Å². The second-order valence-corrected chi connectivity index (χ2v) is 16.1. The molecule has 0 aliphatic rings. The van der Waals surface area contributed by atoms with E-state index in [1.54, 1.807) is 48.5 Å². The number of halogens is 3. The Balaban J connectivity index is 1.28. The number of hydrogen-bond acceptors (Lipinski definition) is 7. The topological polar surface area (TPSA) is 129 Å². The highest BCUT2D eigenvalue weighted by Gasteiger charge is 2.28. The fraction of sp³-hybridized carbons (Fsp3) is 0.143. The minimum absolute atomic E-state index is 0.0325. The minimum atomic E-state index is -4.03. The average Bonchev–Trinajstić information content (AvgIpc) is 3.56. The summed E-state index contributed by atoms with van der Waals surface area (Å²) in [5, 5.41) is 4.94. The highest BCUT2D eigenvalue weighted by molar-refractivity contribution is 7.89. The Morgan fingerprint density at radius 1 is 0.700 bits per heavy atom. The number of nitrogens with one attached hydrogen (secondary N) is 1. The van der Waals surface area contributed by atoms with E-state index in [1.807, 2.05) is 30.3 Å². The summed E-state index contributed by atoms with van der Waals surface area (Å²) in [6.45, 7) is -0.609. The normalized spacial score (nSPS) is 12.2. The first-order valence-corrected chi connectivity index (χ1v) is 19.1. The predicted molar refractivity (Wildman–Crippen MR) is 194 cm³/mol. The zero-order valence-corrected chi connectivity index (χ0v) is 30.2. The zero-order valence-electron chi connectivity index (χ0n) is 26.3. The Labute approximate surface area is 306 Å². The van der Waals surface area contributed by atoms with E-state index in [2.05, 4.69) is 10.5 Å². The maximum atomic E-state index is 13.7. The van der Waals surface area contributed by atoms with Gasteiger partial charge in [-0.05, 0) is 78.2 Å². The quantitative estimate of drug-likeness (QED) is 0.0900. The number of rotatable bonds is 15. The van der Waals surface area contributed by atoms with Gasteiger partial charge < -0.3 is 4.42 Å². The number of hydrogen-bond donors (Lipinski definition) is 1. The average molecular weight is 774 g/mol. The van der Waals surface area contributed by atoms with Crippen LogP contribution in [0.15, 0.2) is 135 Å². The molecule has 5 aromatic rings. The van der Waals surface area contributed by atoms with Crippen molar-refractivity contribution >= 4 is 67.0 Å². The lowest BCUT2D eigenvalue weighted by Gasteiger charge is -2.22. The van der Waals surface area contributed by atoms with Gasteiger partial charge in [0.1, 0.15) is 11.5 Å². The third-order valence-electron chi connectivity index (χ3n) is 7.38. The summed E-state index contributed by atoms with van der Waals surface area (Å²) in [7, 11) is -8.01. The van der Waals surface area contributed by atoms with Crippen LogP contribution in [0.2, 0.25) is 15.1 Å². The Morgan fingerprint density at radius 3 is 2.02 bits per heavy atom. The molecule has 1 heterocycles. The van der Waals surface area contributed by atoms with E-state index < -0.39 is 32.5 Å². The fourth-order valence-electron chi connectivity index (χ4n) is 4.83. The smallest absolute Gasteiger partial charge is 0.255 e. The molecule has 260 valence electrons. The van der Waals surface area contributed by atoms with E-state index in [0.717, 1.165) is 9.87 Å². The van der Waals surface area contributed by atoms with Crippen molar-refractivity contribution in [3.63, 3.8) is 0 Å². The van der Waals surface area contributed by atoms with E-state index in [4.69, 9.17) is 39.2 Å². The van der Waals surface area contributed by atoms with Crippen molar-refractivity contribution in [2.45, 2.75) is 29.3 Å². The van der Waals surface area contributed by atoms with Gasteiger partial charge in [0.15, 0.2) is 0 Å². The molecule has 0 atom stereocenters. The van der Waals surface area contributed by atoms with Gasteiger partial charge >= 0.3 is 0 Å². The van der Waals surface area contributed by atoms with E-state index >= 15 is 0 Å². The Bertz CT molecular complexity index is 2170. The molecule has 0 bridgehead atoms. The van der Waals surface area contributed by atoms with Gasteiger partial charge in [-0.2, -0.15) is 13.7 Å². The lowest BCUT2D eigenvalue weighted by Crippen LogP contribution is -2.40. The standard InChI is InChI=1S/C35H31Cl3N4O6S2/c36-28-12-16-32(17-13-28)50(46,47)42(23-27-11-18-33(37)34(38)21-27)24-30-15-14-29(48-30)22-39-40-35(43)25-41(20-19-26-7-3-1-4-8-26)49(44,45)31-9-5-2-6-10-31/h1-18,21-22H,19-20,23-25H2,(H,40,43)/b39-22-. The van der Waals surface area contributed by atoms with E-state index in [1.165, 1.54) is 46.9 Å². The van der Waals surface area contributed by atoms with Crippen molar-refractivity contribution in [3.8, 4) is 0 Å². The zero-order chi connectivity index (χ0) is 35.7. The Hall–Kier alpha value is -4.01. The molecule has 0 aliphatic heterocycles. The predicted octanol–water partition coefficient (Wildman–Crippen LogP) is 7.01. The highest BCUT2D eigenvalue weighted by Crippen LogP contribution is 2.27. The van der Waals surface area contributed by atoms with Gasteiger partial charge in [0, 0.05) is 18.1 Å². The van der Waals surface area contributed by atoms with Gasteiger partial charge in [-0.15, -0.1) is 0 Å². The van der Waals surface area contributed by atoms with Gasteiger partial charge in [0.05, 0.1) is 39.1 Å². The van der Waals surface area contributed by atoms with Crippen molar-refractivity contribution < 1.29 is 26.0 Å². The van der Waals surface area contributed by atoms with Crippen LogP contribution in [0.5, 0.6) is 0 Å². The summed E-state index contributed by atoms with van der Waals surface area (Å²) < 4.78 is 62.4. The molecular weight excluding hydrogens is 743 g/mol. The number of furan rings is 1. The molecule has 0 spiro atoms. The van der Waals surface area contributed by atoms with Crippen LogP contribution in [0, 0.1) is 0 Å².